The van der Waals surface area contributed by atoms with Gasteiger partial charge in [0.1, 0.15) is 11.9 Å². The van der Waals surface area contributed by atoms with Gasteiger partial charge in [-0.25, -0.2) is 19.3 Å². The van der Waals surface area contributed by atoms with Crippen molar-refractivity contribution < 1.29 is 15.3 Å². The van der Waals surface area contributed by atoms with E-state index in [2.05, 4.69) is 15.0 Å². The molecule has 152 valence electrons. The van der Waals surface area contributed by atoms with Crippen molar-refractivity contribution >= 4 is 5.91 Å². The molecule has 0 radical (unpaired) electrons. The van der Waals surface area contributed by atoms with Crippen LogP contribution in [0.5, 0.6) is 5.88 Å². The number of halogens is 1. The number of carbonyl (C=O) groups excluding carboxylic acids is 1. The summed E-state index contributed by atoms with van der Waals surface area (Å²) in [7, 11) is 0. The Morgan fingerprint density at radius 3 is 2.73 bits per heavy atom. The zero-order chi connectivity index (χ0) is 21.6. The van der Waals surface area contributed by atoms with Crippen molar-refractivity contribution in [3.63, 3.8) is 0 Å². The van der Waals surface area contributed by atoms with Crippen LogP contribution in [0.1, 0.15) is 30.1 Å². The fraction of sp³-hybridized carbons (Fsp3) is 0.304. The van der Waals surface area contributed by atoms with Crippen molar-refractivity contribution in [3.05, 3.63) is 71.9 Å². The van der Waals surface area contributed by atoms with Crippen LogP contribution in [0.4, 0.5) is 4.39 Å². The summed E-state index contributed by atoms with van der Waals surface area (Å²) in [6.07, 6.45) is 4.61. The van der Waals surface area contributed by atoms with Crippen LogP contribution in [0, 0.1) is 18.7 Å². The number of ether oxygens (including phenoxy) is 1. The molecular formula is C23H21FN4O2. The molecule has 3 unspecified atom stereocenters. The smallest absolute Gasteiger partial charge is 0.255 e. The Labute approximate surface area is 175 Å². The zero-order valence-electron chi connectivity index (χ0n) is 17.5. The van der Waals surface area contributed by atoms with E-state index in [0.29, 0.717) is 25.3 Å². The van der Waals surface area contributed by atoms with Crippen molar-refractivity contribution in [1.82, 2.24) is 19.9 Å². The van der Waals surface area contributed by atoms with Gasteiger partial charge in [0, 0.05) is 31.2 Å². The van der Waals surface area contributed by atoms with Crippen molar-refractivity contribution in [3.8, 4) is 17.3 Å². The van der Waals surface area contributed by atoms with E-state index < -0.39 is 17.9 Å². The maximum Gasteiger partial charge on any atom is 0.255 e. The van der Waals surface area contributed by atoms with Crippen LogP contribution in [-0.4, -0.2) is 44.4 Å². The van der Waals surface area contributed by atoms with Crippen molar-refractivity contribution in [2.75, 3.05) is 6.54 Å². The Morgan fingerprint density at radius 2 is 2.00 bits per heavy atom. The molecule has 2 aromatic heterocycles. The number of benzene rings is 1. The summed E-state index contributed by atoms with van der Waals surface area (Å²) in [6, 6.07) is 9.18. The van der Waals surface area contributed by atoms with E-state index in [1.165, 1.54) is 24.5 Å². The number of hydrogen-bond donors (Lipinski definition) is 0. The second-order valence-electron chi connectivity index (χ2n) is 7.76. The minimum Gasteiger partial charge on any atom is -0.472 e. The molecule has 3 aromatic rings. The summed E-state index contributed by atoms with van der Waals surface area (Å²) in [4.78, 5) is 27.7. The largest absolute Gasteiger partial charge is 0.472 e. The highest BCUT2D eigenvalue weighted by molar-refractivity contribution is 6.00. The number of hydrogen-bond acceptors (Lipinski definition) is 5. The lowest BCUT2D eigenvalue weighted by Crippen LogP contribution is -2.47. The molecule has 0 N–H and O–H groups in total. The number of likely N-dealkylation sites (tertiary alicyclic amines) is 1. The number of nitrogens with zero attached hydrogens (tertiary/aromatic N) is 4. The van der Waals surface area contributed by atoms with E-state index >= 15 is 0 Å². The second-order valence-corrected chi connectivity index (χ2v) is 7.76. The maximum atomic E-state index is 14.7. The SMILES string of the molecule is [2H]C1(Oc2ccc(C)cn2)CC2CC1N(C(=O)c1cccc(F)c1-c1ncccn1)C2. The molecule has 7 heteroatoms. The normalized spacial score (nSPS) is 25.3. The van der Waals surface area contributed by atoms with E-state index in [4.69, 9.17) is 6.11 Å². The van der Waals surface area contributed by atoms with E-state index in [1.807, 2.05) is 13.0 Å². The third kappa shape index (κ3) is 3.30. The predicted octanol–water partition coefficient (Wildman–Crippen LogP) is 3.67. The molecule has 1 amide bonds. The summed E-state index contributed by atoms with van der Waals surface area (Å²) in [5.41, 5.74) is 1.26. The standard InChI is InChI=1S/C23H21FN4O2/c1-14-6-7-20(27-12-14)30-19-11-15-10-18(19)28(13-15)23(29)16-4-2-5-17(24)21(16)22-25-8-3-9-26-22/h2-9,12,15,18-19H,10-11,13H2,1H3/i19D. The average molecular weight is 405 g/mol. The highest BCUT2D eigenvalue weighted by Crippen LogP contribution is 2.41. The number of piperidine rings is 1. The Balaban J connectivity index is 1.46. The molecule has 2 aliphatic rings. The first kappa shape index (κ1) is 17.5. The molecule has 3 atom stereocenters. The Kier molecular flexibility index (Phi) is 4.36. The number of pyridine rings is 1. The molecule has 1 saturated carbocycles. The van der Waals surface area contributed by atoms with Gasteiger partial charge in [-0.15, -0.1) is 0 Å². The number of aryl methyl sites for hydroxylation is 1. The van der Waals surface area contributed by atoms with Gasteiger partial charge >= 0.3 is 0 Å². The van der Waals surface area contributed by atoms with Gasteiger partial charge in [0.05, 0.1) is 18.5 Å². The summed E-state index contributed by atoms with van der Waals surface area (Å²) in [5, 5.41) is 0. The van der Waals surface area contributed by atoms with Crippen molar-refractivity contribution in [2.24, 2.45) is 5.92 Å². The molecule has 6 nitrogen and oxygen atoms in total. The highest BCUT2D eigenvalue weighted by Gasteiger charge is 2.48. The van der Waals surface area contributed by atoms with E-state index in [9.17, 15) is 9.18 Å². The topological polar surface area (TPSA) is 68.2 Å². The van der Waals surface area contributed by atoms with Crippen LogP contribution in [0.25, 0.3) is 11.4 Å². The van der Waals surface area contributed by atoms with E-state index in [1.54, 1.807) is 29.3 Å². The quantitative estimate of drug-likeness (QED) is 0.663. The molecule has 0 spiro atoms. The summed E-state index contributed by atoms with van der Waals surface area (Å²) in [5.74, 6) is -0.220. The van der Waals surface area contributed by atoms with Crippen LogP contribution in [0.3, 0.4) is 0 Å². The Hall–Kier alpha value is -3.35. The third-order valence-electron chi connectivity index (χ3n) is 5.66. The minimum absolute atomic E-state index is 0.0765. The van der Waals surface area contributed by atoms with Crippen LogP contribution in [-0.2, 0) is 0 Å². The van der Waals surface area contributed by atoms with Gasteiger partial charge in [0.25, 0.3) is 5.91 Å². The molecule has 1 aromatic carbocycles. The molecule has 3 heterocycles. The highest BCUT2D eigenvalue weighted by atomic mass is 19.1. The van der Waals surface area contributed by atoms with Crippen LogP contribution in [0.2, 0.25) is 0 Å². The van der Waals surface area contributed by atoms with Crippen LogP contribution < -0.4 is 4.74 Å². The second kappa shape index (κ2) is 7.48. The lowest BCUT2D eigenvalue weighted by atomic mass is 10.0. The van der Waals surface area contributed by atoms with E-state index in [-0.39, 0.29) is 28.8 Å². The van der Waals surface area contributed by atoms with E-state index in [0.717, 1.165) is 5.56 Å². The van der Waals surface area contributed by atoms with Gasteiger partial charge in [0.2, 0.25) is 5.88 Å². The average Bonchev–Trinajstić information content (AvgIpc) is 3.33. The first-order valence-corrected chi connectivity index (χ1v) is 9.93. The molecule has 30 heavy (non-hydrogen) atoms. The van der Waals surface area contributed by atoms with Crippen molar-refractivity contribution in [2.45, 2.75) is 31.9 Å². The predicted molar refractivity (Wildman–Crippen MR) is 108 cm³/mol. The van der Waals surface area contributed by atoms with Gasteiger partial charge in [-0.05, 0) is 49.4 Å². The lowest BCUT2D eigenvalue weighted by Gasteiger charge is -2.33. The van der Waals surface area contributed by atoms with Gasteiger partial charge in [-0.1, -0.05) is 12.1 Å². The van der Waals surface area contributed by atoms with Crippen LogP contribution in [0.15, 0.2) is 55.0 Å². The van der Waals surface area contributed by atoms with Gasteiger partial charge in [0.15, 0.2) is 5.82 Å². The lowest BCUT2D eigenvalue weighted by molar-refractivity contribution is 0.0467. The van der Waals surface area contributed by atoms with Crippen LogP contribution >= 0.6 is 0 Å². The molecule has 1 aliphatic heterocycles. The number of amides is 1. The number of fused-ring (bicyclic) bond motifs is 2. The zero-order valence-corrected chi connectivity index (χ0v) is 16.5. The molecule has 2 fully saturated rings. The molecular weight excluding hydrogens is 383 g/mol. The molecule has 1 saturated heterocycles. The third-order valence-corrected chi connectivity index (χ3v) is 5.66. The van der Waals surface area contributed by atoms with Gasteiger partial charge in [-0.3, -0.25) is 4.79 Å². The monoisotopic (exact) mass is 405 g/mol. The summed E-state index contributed by atoms with van der Waals surface area (Å²) >= 11 is 0. The summed E-state index contributed by atoms with van der Waals surface area (Å²) in [6.45, 7) is 2.44. The Bertz CT molecular complexity index is 1130. The number of rotatable bonds is 4. The molecule has 5 rings (SSSR count). The fourth-order valence-electron chi connectivity index (χ4n) is 4.29. The minimum atomic E-state index is -1.29. The first-order valence-electron chi connectivity index (χ1n) is 10.4. The number of aromatic nitrogens is 3. The molecule has 1 aliphatic carbocycles. The van der Waals surface area contributed by atoms with Gasteiger partial charge in [-0.2, -0.15) is 0 Å². The summed E-state index contributed by atoms with van der Waals surface area (Å²) < 4.78 is 29.6. The fourth-order valence-corrected chi connectivity index (χ4v) is 4.29. The molecule has 2 bridgehead atoms. The van der Waals surface area contributed by atoms with Gasteiger partial charge < -0.3 is 9.64 Å². The first-order chi connectivity index (χ1) is 14.9. The maximum absolute atomic E-state index is 14.7. The Morgan fingerprint density at radius 1 is 1.17 bits per heavy atom. The van der Waals surface area contributed by atoms with Crippen molar-refractivity contribution in [1.29, 1.82) is 0 Å². The number of carbonyl (C=O) groups is 1.